The van der Waals surface area contributed by atoms with Gasteiger partial charge in [-0.1, -0.05) is 41.9 Å². The minimum atomic E-state index is -3.65. The highest BCUT2D eigenvalue weighted by Gasteiger charge is 2.21. The fourth-order valence-corrected chi connectivity index (χ4v) is 3.81. The van der Waals surface area contributed by atoms with Gasteiger partial charge in [-0.2, -0.15) is 0 Å². The maximum absolute atomic E-state index is 12.7. The van der Waals surface area contributed by atoms with Gasteiger partial charge in [0, 0.05) is 26.7 Å². The van der Waals surface area contributed by atoms with Gasteiger partial charge in [0.2, 0.25) is 10.0 Å². The lowest BCUT2D eigenvalue weighted by Gasteiger charge is -2.25. The van der Waals surface area contributed by atoms with E-state index in [0.717, 1.165) is 10.7 Å². The van der Waals surface area contributed by atoms with E-state index in [1.165, 1.54) is 37.9 Å². The first-order valence-corrected chi connectivity index (χ1v) is 10.7. The predicted octanol–water partition coefficient (Wildman–Crippen LogP) is 2.49. The summed E-state index contributed by atoms with van der Waals surface area (Å²) in [5, 5.41) is 3.08. The van der Waals surface area contributed by atoms with Crippen LogP contribution in [0.3, 0.4) is 0 Å². The topological polar surface area (TPSA) is 69.7 Å². The SMILES string of the molecule is CN(C)[C@@H](CNC(=O)c1cc(S(=O)(=O)N(C)C)ccc1Cl)Cc1ccccc1. The number of rotatable bonds is 8. The molecule has 2 rings (SSSR count). The van der Waals surface area contributed by atoms with E-state index in [0.29, 0.717) is 6.54 Å². The summed E-state index contributed by atoms with van der Waals surface area (Å²) in [5.74, 6) is -0.402. The third-order valence-electron chi connectivity index (χ3n) is 4.50. The van der Waals surface area contributed by atoms with Crippen LogP contribution >= 0.6 is 11.6 Å². The molecule has 2 aromatic rings. The highest BCUT2D eigenvalue weighted by Crippen LogP contribution is 2.22. The van der Waals surface area contributed by atoms with Crippen LogP contribution in [0.15, 0.2) is 53.4 Å². The average molecular weight is 424 g/mol. The smallest absolute Gasteiger partial charge is 0.252 e. The number of benzene rings is 2. The predicted molar refractivity (Wildman–Crippen MR) is 112 cm³/mol. The third kappa shape index (κ3) is 5.54. The van der Waals surface area contributed by atoms with Crippen molar-refractivity contribution in [1.82, 2.24) is 14.5 Å². The molecule has 0 spiro atoms. The molecule has 0 bridgehead atoms. The zero-order valence-electron chi connectivity index (χ0n) is 16.5. The van der Waals surface area contributed by atoms with E-state index >= 15 is 0 Å². The summed E-state index contributed by atoms with van der Waals surface area (Å²) < 4.78 is 25.7. The van der Waals surface area contributed by atoms with E-state index in [-0.39, 0.29) is 21.5 Å². The van der Waals surface area contributed by atoms with Gasteiger partial charge in [0.05, 0.1) is 15.5 Å². The van der Waals surface area contributed by atoms with Crippen molar-refractivity contribution in [1.29, 1.82) is 0 Å². The molecular formula is C20H26ClN3O3S. The second-order valence-corrected chi connectivity index (χ2v) is 9.51. The van der Waals surface area contributed by atoms with Crippen LogP contribution in [0.25, 0.3) is 0 Å². The Labute approximate surface area is 172 Å². The molecule has 0 heterocycles. The van der Waals surface area contributed by atoms with E-state index < -0.39 is 15.9 Å². The Morgan fingerprint density at radius 3 is 2.29 bits per heavy atom. The number of hydrogen-bond donors (Lipinski definition) is 1. The first-order chi connectivity index (χ1) is 13.1. The summed E-state index contributed by atoms with van der Waals surface area (Å²) in [6, 6.07) is 14.2. The lowest BCUT2D eigenvalue weighted by Crippen LogP contribution is -2.41. The van der Waals surface area contributed by atoms with Gasteiger partial charge in [-0.25, -0.2) is 12.7 Å². The molecule has 2 aromatic carbocycles. The maximum atomic E-state index is 12.7. The molecule has 0 aliphatic carbocycles. The lowest BCUT2D eigenvalue weighted by atomic mass is 10.0. The van der Waals surface area contributed by atoms with E-state index in [1.807, 2.05) is 49.3 Å². The van der Waals surface area contributed by atoms with E-state index in [4.69, 9.17) is 11.6 Å². The summed E-state index contributed by atoms with van der Waals surface area (Å²) in [6.07, 6.45) is 0.775. The molecule has 1 atom stereocenters. The van der Waals surface area contributed by atoms with Gasteiger partial charge in [0.15, 0.2) is 0 Å². The van der Waals surface area contributed by atoms with Crippen LogP contribution < -0.4 is 5.32 Å². The van der Waals surface area contributed by atoms with Crippen LogP contribution in [0.2, 0.25) is 5.02 Å². The summed E-state index contributed by atoms with van der Waals surface area (Å²) in [6.45, 7) is 0.404. The maximum Gasteiger partial charge on any atom is 0.252 e. The fraction of sp³-hybridized carbons (Fsp3) is 0.350. The molecule has 1 N–H and O–H groups in total. The van der Waals surface area contributed by atoms with Gasteiger partial charge < -0.3 is 10.2 Å². The number of carbonyl (C=O) groups is 1. The summed E-state index contributed by atoms with van der Waals surface area (Å²) >= 11 is 6.15. The Hall–Kier alpha value is -1.93. The Morgan fingerprint density at radius 1 is 1.07 bits per heavy atom. The Balaban J connectivity index is 2.15. The standard InChI is InChI=1S/C20H26ClN3O3S/c1-23(2)16(12-15-8-6-5-7-9-15)14-22-20(25)18-13-17(10-11-19(18)21)28(26,27)24(3)4/h5-11,13,16H,12,14H2,1-4H3,(H,22,25)/t16-/m1/s1. The van der Waals surface area contributed by atoms with Gasteiger partial charge in [0.25, 0.3) is 5.91 Å². The van der Waals surface area contributed by atoms with Crippen molar-refractivity contribution in [3.05, 3.63) is 64.7 Å². The van der Waals surface area contributed by atoms with Gasteiger partial charge in [0.1, 0.15) is 0 Å². The van der Waals surface area contributed by atoms with Crippen LogP contribution in [0, 0.1) is 0 Å². The van der Waals surface area contributed by atoms with Gasteiger partial charge in [-0.15, -0.1) is 0 Å². The first-order valence-electron chi connectivity index (χ1n) is 8.83. The van der Waals surface area contributed by atoms with Crippen molar-refractivity contribution < 1.29 is 13.2 Å². The quantitative estimate of drug-likeness (QED) is 0.708. The highest BCUT2D eigenvalue weighted by atomic mass is 35.5. The van der Waals surface area contributed by atoms with Crippen molar-refractivity contribution in [2.45, 2.75) is 17.4 Å². The van der Waals surface area contributed by atoms with Crippen molar-refractivity contribution in [3.8, 4) is 0 Å². The van der Waals surface area contributed by atoms with Gasteiger partial charge in [-0.05, 0) is 44.3 Å². The minimum absolute atomic E-state index is 0.0282. The molecule has 28 heavy (non-hydrogen) atoms. The van der Waals surface area contributed by atoms with E-state index in [1.54, 1.807) is 0 Å². The van der Waals surface area contributed by atoms with Crippen LogP contribution in [0.5, 0.6) is 0 Å². The van der Waals surface area contributed by atoms with Gasteiger partial charge in [-0.3, -0.25) is 4.79 Å². The van der Waals surface area contributed by atoms with Crippen LogP contribution in [0.4, 0.5) is 0 Å². The summed E-state index contributed by atoms with van der Waals surface area (Å²) in [7, 11) is 3.14. The molecule has 0 aliphatic rings. The number of sulfonamides is 1. The molecule has 1 amide bonds. The van der Waals surface area contributed by atoms with Crippen molar-refractivity contribution >= 4 is 27.5 Å². The molecular weight excluding hydrogens is 398 g/mol. The highest BCUT2D eigenvalue weighted by molar-refractivity contribution is 7.89. The van der Waals surface area contributed by atoms with Crippen molar-refractivity contribution in [2.75, 3.05) is 34.7 Å². The molecule has 6 nitrogen and oxygen atoms in total. The lowest BCUT2D eigenvalue weighted by molar-refractivity contribution is 0.0941. The molecule has 0 radical (unpaired) electrons. The summed E-state index contributed by atoms with van der Waals surface area (Å²) in [4.78, 5) is 14.7. The minimum Gasteiger partial charge on any atom is -0.350 e. The normalized spacial score (nSPS) is 13.0. The number of carbonyl (C=O) groups excluding carboxylic acids is 1. The number of nitrogens with one attached hydrogen (secondary N) is 1. The zero-order valence-corrected chi connectivity index (χ0v) is 18.1. The Kier molecular flexibility index (Phi) is 7.60. The number of amides is 1. The Bertz CT molecular complexity index is 916. The summed E-state index contributed by atoms with van der Waals surface area (Å²) in [5.41, 5.74) is 1.31. The molecule has 0 aromatic heterocycles. The number of hydrogen-bond acceptors (Lipinski definition) is 4. The molecule has 152 valence electrons. The van der Waals surface area contributed by atoms with Crippen molar-refractivity contribution in [2.24, 2.45) is 0 Å². The molecule has 0 fully saturated rings. The monoisotopic (exact) mass is 423 g/mol. The largest absolute Gasteiger partial charge is 0.350 e. The van der Waals surface area contributed by atoms with Crippen LogP contribution in [0.1, 0.15) is 15.9 Å². The van der Waals surface area contributed by atoms with E-state index in [2.05, 4.69) is 5.32 Å². The van der Waals surface area contributed by atoms with Crippen LogP contribution in [-0.2, 0) is 16.4 Å². The second-order valence-electron chi connectivity index (χ2n) is 6.95. The zero-order chi connectivity index (χ0) is 20.9. The molecule has 0 saturated heterocycles. The van der Waals surface area contributed by atoms with Crippen LogP contribution in [-0.4, -0.2) is 64.3 Å². The molecule has 0 unspecified atom stereocenters. The first kappa shape index (κ1) is 22.4. The van der Waals surface area contributed by atoms with Gasteiger partial charge >= 0.3 is 0 Å². The molecule has 0 aliphatic heterocycles. The number of likely N-dealkylation sites (N-methyl/N-ethyl adjacent to an activating group) is 1. The van der Waals surface area contributed by atoms with Crippen molar-refractivity contribution in [3.63, 3.8) is 0 Å². The Morgan fingerprint density at radius 2 is 1.71 bits per heavy atom. The fourth-order valence-electron chi connectivity index (χ4n) is 2.68. The number of halogens is 1. The molecule has 8 heteroatoms. The second kappa shape index (κ2) is 9.52. The average Bonchev–Trinajstić information content (AvgIpc) is 2.65. The number of nitrogens with zero attached hydrogens (tertiary/aromatic N) is 2. The van der Waals surface area contributed by atoms with E-state index in [9.17, 15) is 13.2 Å². The molecule has 0 saturated carbocycles. The third-order valence-corrected chi connectivity index (χ3v) is 6.64.